The van der Waals surface area contributed by atoms with Crippen molar-refractivity contribution >= 4 is 23.3 Å². The molecule has 166 valence electrons. The molecule has 3 heterocycles. The molecule has 0 amide bonds. The molecule has 2 N–H and O–H groups in total. The first-order valence-electron chi connectivity index (χ1n) is 10.4. The van der Waals surface area contributed by atoms with Crippen molar-refractivity contribution in [3.8, 4) is 5.69 Å². The first kappa shape index (κ1) is 22.0. The lowest BCUT2D eigenvalue weighted by molar-refractivity contribution is 0.0697. The minimum atomic E-state index is -0.952. The monoisotopic (exact) mass is 450 g/mol. The smallest absolute Gasteiger partial charge is 0.337 e. The number of ether oxygens (including phenoxy) is 1. The highest BCUT2D eigenvalue weighted by Crippen LogP contribution is 2.41. The fourth-order valence-corrected chi connectivity index (χ4v) is 4.81. The summed E-state index contributed by atoms with van der Waals surface area (Å²) in [6.07, 6.45) is 1.78. The molecule has 0 bridgehead atoms. The Balaban J connectivity index is 1.85. The van der Waals surface area contributed by atoms with Gasteiger partial charge in [0, 0.05) is 31.2 Å². The van der Waals surface area contributed by atoms with Gasteiger partial charge in [-0.15, -0.1) is 0 Å². The van der Waals surface area contributed by atoms with E-state index >= 15 is 0 Å². The van der Waals surface area contributed by atoms with E-state index in [1.165, 1.54) is 0 Å². The molecule has 1 fully saturated rings. The number of hydrogen-bond donors (Lipinski definition) is 2. The van der Waals surface area contributed by atoms with Crippen LogP contribution in [0, 0.1) is 13.8 Å². The highest BCUT2D eigenvalue weighted by atomic mass is 32.1. The highest BCUT2D eigenvalue weighted by molar-refractivity contribution is 7.80. The van der Waals surface area contributed by atoms with Gasteiger partial charge in [-0.05, 0) is 62.0 Å². The number of pyridine rings is 1. The van der Waals surface area contributed by atoms with Gasteiger partial charge < -0.3 is 24.6 Å². The number of carboxylic acids is 1. The Bertz CT molecular complexity index is 1150. The van der Waals surface area contributed by atoms with Crippen LogP contribution < -0.4 is 5.32 Å². The number of carbonyl (C=O) groups is 1. The Morgan fingerprint density at radius 1 is 1.22 bits per heavy atom. The summed E-state index contributed by atoms with van der Waals surface area (Å²) < 4.78 is 7.34. The zero-order valence-corrected chi connectivity index (χ0v) is 19.1. The third kappa shape index (κ3) is 3.87. The van der Waals surface area contributed by atoms with E-state index in [1.807, 2.05) is 48.7 Å². The van der Waals surface area contributed by atoms with Gasteiger partial charge in [0.2, 0.25) is 0 Å². The van der Waals surface area contributed by atoms with Crippen LogP contribution in [0.3, 0.4) is 0 Å². The van der Waals surface area contributed by atoms with Gasteiger partial charge in [-0.1, -0.05) is 18.2 Å². The zero-order chi connectivity index (χ0) is 22.8. The van der Waals surface area contributed by atoms with Crippen molar-refractivity contribution in [2.45, 2.75) is 25.9 Å². The second-order valence-electron chi connectivity index (χ2n) is 7.80. The summed E-state index contributed by atoms with van der Waals surface area (Å²) in [5, 5.41) is 13.8. The van der Waals surface area contributed by atoms with Crippen LogP contribution in [-0.2, 0) is 4.74 Å². The summed E-state index contributed by atoms with van der Waals surface area (Å²) in [7, 11) is 1.67. The topological polar surface area (TPSA) is 79.6 Å². The molecule has 2 aromatic heterocycles. The number of methoxy groups -OCH3 is 1. The van der Waals surface area contributed by atoms with Crippen LogP contribution in [0.2, 0.25) is 0 Å². The van der Waals surface area contributed by atoms with E-state index in [0.717, 1.165) is 22.6 Å². The molecule has 32 heavy (non-hydrogen) atoms. The Labute approximate surface area is 192 Å². The molecule has 3 aromatic rings. The van der Waals surface area contributed by atoms with E-state index in [9.17, 15) is 9.90 Å². The summed E-state index contributed by atoms with van der Waals surface area (Å²) in [5.74, 6) is -0.952. The number of thiocarbonyl (C=S) groups is 1. The molecule has 1 saturated heterocycles. The number of aryl methyl sites for hydroxylation is 1. The van der Waals surface area contributed by atoms with Crippen molar-refractivity contribution in [2.75, 3.05) is 20.3 Å². The maximum atomic E-state index is 11.9. The van der Waals surface area contributed by atoms with Crippen molar-refractivity contribution in [2.24, 2.45) is 0 Å². The number of aromatic nitrogens is 2. The molecule has 8 heteroatoms. The molecule has 1 aliphatic heterocycles. The van der Waals surface area contributed by atoms with Crippen LogP contribution in [0.1, 0.15) is 45.1 Å². The van der Waals surface area contributed by atoms with Crippen LogP contribution in [0.25, 0.3) is 5.69 Å². The molecular weight excluding hydrogens is 424 g/mol. The maximum Gasteiger partial charge on any atom is 0.337 e. The fraction of sp³-hybridized carbons (Fsp3) is 0.292. The Morgan fingerprint density at radius 3 is 2.66 bits per heavy atom. The Morgan fingerprint density at radius 2 is 1.97 bits per heavy atom. The van der Waals surface area contributed by atoms with Crippen LogP contribution in [0.5, 0.6) is 0 Å². The highest BCUT2D eigenvalue weighted by Gasteiger charge is 2.41. The number of benzene rings is 1. The van der Waals surface area contributed by atoms with Crippen LogP contribution in [-0.4, -0.2) is 50.9 Å². The maximum absolute atomic E-state index is 11.9. The summed E-state index contributed by atoms with van der Waals surface area (Å²) in [6, 6.07) is 14.8. The van der Waals surface area contributed by atoms with E-state index in [-0.39, 0.29) is 17.6 Å². The van der Waals surface area contributed by atoms with E-state index in [1.54, 1.807) is 25.4 Å². The standard InChI is InChI=1S/C24H26N4O3S/c1-15-14-18(16(2)28(15)20-10-5-4-8-17(20)23(29)30)22-21(19-9-6-7-11-25-19)26-24(32)27(22)12-13-31-3/h4-11,14,21-22H,12-13H2,1-3H3,(H,26,32)(H,29,30)/t21-,22-/m0/s1. The van der Waals surface area contributed by atoms with Crippen molar-refractivity contribution in [1.82, 2.24) is 19.8 Å². The number of carboxylic acid groups (broad SMARTS) is 1. The van der Waals surface area contributed by atoms with Gasteiger partial charge in [0.15, 0.2) is 5.11 Å². The summed E-state index contributed by atoms with van der Waals surface area (Å²) >= 11 is 5.69. The molecule has 1 aliphatic rings. The predicted molar refractivity (Wildman–Crippen MR) is 126 cm³/mol. The molecule has 0 radical (unpaired) electrons. The molecule has 0 saturated carbocycles. The number of aromatic carboxylic acids is 1. The molecule has 1 aromatic carbocycles. The molecule has 7 nitrogen and oxygen atoms in total. The van der Waals surface area contributed by atoms with E-state index in [0.29, 0.717) is 24.0 Å². The van der Waals surface area contributed by atoms with Gasteiger partial charge >= 0.3 is 5.97 Å². The quantitative estimate of drug-likeness (QED) is 0.530. The van der Waals surface area contributed by atoms with Crippen molar-refractivity contribution < 1.29 is 14.6 Å². The van der Waals surface area contributed by atoms with E-state index < -0.39 is 5.97 Å². The van der Waals surface area contributed by atoms with Gasteiger partial charge in [0.25, 0.3) is 0 Å². The van der Waals surface area contributed by atoms with Crippen LogP contribution >= 0.6 is 12.2 Å². The lowest BCUT2D eigenvalue weighted by Crippen LogP contribution is -2.32. The normalized spacial score (nSPS) is 18.1. The van der Waals surface area contributed by atoms with Gasteiger partial charge in [0.05, 0.1) is 35.6 Å². The summed E-state index contributed by atoms with van der Waals surface area (Å²) in [6.45, 7) is 5.18. The second kappa shape index (κ2) is 9.10. The predicted octanol–water partition coefficient (Wildman–Crippen LogP) is 3.81. The number of nitrogens with one attached hydrogen (secondary N) is 1. The van der Waals surface area contributed by atoms with Crippen molar-refractivity contribution in [3.05, 3.63) is 82.9 Å². The lowest BCUT2D eigenvalue weighted by Gasteiger charge is -2.28. The van der Waals surface area contributed by atoms with Gasteiger partial charge in [-0.3, -0.25) is 4.98 Å². The minimum Gasteiger partial charge on any atom is -0.478 e. The van der Waals surface area contributed by atoms with E-state index in [4.69, 9.17) is 17.0 Å². The van der Waals surface area contributed by atoms with Crippen molar-refractivity contribution in [1.29, 1.82) is 0 Å². The average molecular weight is 451 g/mol. The SMILES string of the molecule is COCCN1C(=S)N[C@@H](c2ccccn2)[C@@H]1c1cc(C)n(-c2ccccc2C(=O)O)c1C. The Kier molecular flexibility index (Phi) is 6.25. The molecule has 0 spiro atoms. The number of hydrogen-bond acceptors (Lipinski definition) is 4. The average Bonchev–Trinajstić information content (AvgIpc) is 3.27. The molecule has 0 unspecified atom stereocenters. The van der Waals surface area contributed by atoms with Gasteiger partial charge in [0.1, 0.15) is 0 Å². The third-order valence-electron chi connectivity index (χ3n) is 5.90. The van der Waals surface area contributed by atoms with Gasteiger partial charge in [-0.25, -0.2) is 4.79 Å². The van der Waals surface area contributed by atoms with Crippen LogP contribution in [0.15, 0.2) is 54.7 Å². The molecular formula is C24H26N4O3S. The Hall–Kier alpha value is -3.23. The van der Waals surface area contributed by atoms with E-state index in [2.05, 4.69) is 21.3 Å². The fourth-order valence-electron chi connectivity index (χ4n) is 4.48. The van der Waals surface area contributed by atoms with Crippen LogP contribution in [0.4, 0.5) is 0 Å². The molecule has 2 atom stereocenters. The van der Waals surface area contributed by atoms with Crippen molar-refractivity contribution in [3.63, 3.8) is 0 Å². The largest absolute Gasteiger partial charge is 0.478 e. The third-order valence-corrected chi connectivity index (χ3v) is 6.25. The number of nitrogens with zero attached hydrogens (tertiary/aromatic N) is 3. The number of rotatable bonds is 7. The number of para-hydroxylation sites is 1. The van der Waals surface area contributed by atoms with Gasteiger partial charge in [-0.2, -0.15) is 0 Å². The molecule has 0 aliphatic carbocycles. The summed E-state index contributed by atoms with van der Waals surface area (Å²) in [4.78, 5) is 18.6. The first-order chi connectivity index (χ1) is 15.4. The minimum absolute atomic E-state index is 0.107. The lowest BCUT2D eigenvalue weighted by atomic mass is 9.97. The first-order valence-corrected chi connectivity index (χ1v) is 10.8. The second-order valence-corrected chi connectivity index (χ2v) is 8.18. The molecule has 4 rings (SSSR count). The zero-order valence-electron chi connectivity index (χ0n) is 18.3. The summed E-state index contributed by atoms with van der Waals surface area (Å²) in [5.41, 5.74) is 4.80.